The number of methoxy groups -OCH3 is 1. The van der Waals surface area contributed by atoms with Crippen LogP contribution in [0.2, 0.25) is 5.02 Å². The number of benzene rings is 2. The molecular weight excluding hydrogens is 370 g/mol. The molecule has 0 aliphatic carbocycles. The lowest BCUT2D eigenvalue weighted by Crippen LogP contribution is -2.31. The monoisotopic (exact) mass is 391 g/mol. The van der Waals surface area contributed by atoms with Crippen molar-refractivity contribution >= 4 is 28.8 Å². The lowest BCUT2D eigenvalue weighted by atomic mass is 10.1. The molecule has 138 valence electrons. The number of thiocarbonyl (C=S) groups is 1. The van der Waals surface area contributed by atoms with E-state index in [2.05, 4.69) is 5.32 Å². The van der Waals surface area contributed by atoms with E-state index in [1.54, 1.807) is 7.11 Å². The SMILES string of the molecule is COc1cccc(C(=S)NC[C@H]2CCCO2)c1OCc1ccccc1Cl. The zero-order valence-corrected chi connectivity index (χ0v) is 16.2. The van der Waals surface area contributed by atoms with Gasteiger partial charge in [0.25, 0.3) is 0 Å². The molecule has 1 saturated heterocycles. The Hall–Kier alpha value is -1.82. The van der Waals surface area contributed by atoms with Crippen LogP contribution in [0.3, 0.4) is 0 Å². The van der Waals surface area contributed by atoms with Gasteiger partial charge >= 0.3 is 0 Å². The minimum atomic E-state index is 0.214. The Morgan fingerprint density at radius 2 is 2.12 bits per heavy atom. The van der Waals surface area contributed by atoms with Crippen LogP contribution in [0.4, 0.5) is 0 Å². The highest BCUT2D eigenvalue weighted by Gasteiger charge is 2.18. The third kappa shape index (κ3) is 4.67. The number of ether oxygens (including phenoxy) is 3. The molecule has 4 nitrogen and oxygen atoms in total. The van der Waals surface area contributed by atoms with Crippen molar-refractivity contribution in [3.63, 3.8) is 0 Å². The molecule has 1 atom stereocenters. The zero-order valence-electron chi connectivity index (χ0n) is 14.7. The first-order valence-corrected chi connectivity index (χ1v) is 9.40. The first-order chi connectivity index (χ1) is 12.7. The molecule has 1 fully saturated rings. The second kappa shape index (κ2) is 9.21. The third-order valence-corrected chi connectivity index (χ3v) is 5.02. The molecule has 1 heterocycles. The van der Waals surface area contributed by atoms with E-state index in [1.165, 1.54) is 0 Å². The Morgan fingerprint density at radius 1 is 1.27 bits per heavy atom. The molecule has 1 aliphatic rings. The molecule has 26 heavy (non-hydrogen) atoms. The van der Waals surface area contributed by atoms with E-state index in [0.717, 1.165) is 30.6 Å². The third-order valence-electron chi connectivity index (χ3n) is 4.29. The summed E-state index contributed by atoms with van der Waals surface area (Å²) in [5.41, 5.74) is 1.70. The lowest BCUT2D eigenvalue weighted by molar-refractivity contribution is 0.114. The topological polar surface area (TPSA) is 39.7 Å². The number of rotatable bonds is 7. The molecule has 0 amide bonds. The Balaban J connectivity index is 1.74. The lowest BCUT2D eigenvalue weighted by Gasteiger charge is -2.18. The van der Waals surface area contributed by atoms with E-state index >= 15 is 0 Å². The Kier molecular flexibility index (Phi) is 6.72. The van der Waals surface area contributed by atoms with Crippen LogP contribution in [-0.2, 0) is 11.3 Å². The maximum atomic E-state index is 6.23. The molecule has 1 aliphatic heterocycles. The molecule has 1 N–H and O–H groups in total. The number of hydrogen-bond acceptors (Lipinski definition) is 4. The highest BCUT2D eigenvalue weighted by Crippen LogP contribution is 2.32. The van der Waals surface area contributed by atoms with Gasteiger partial charge < -0.3 is 19.5 Å². The van der Waals surface area contributed by atoms with Crippen molar-refractivity contribution < 1.29 is 14.2 Å². The van der Waals surface area contributed by atoms with Gasteiger partial charge in [0.1, 0.15) is 11.6 Å². The van der Waals surface area contributed by atoms with Crippen molar-refractivity contribution in [1.29, 1.82) is 0 Å². The fraction of sp³-hybridized carbons (Fsp3) is 0.350. The van der Waals surface area contributed by atoms with Crippen LogP contribution in [0.1, 0.15) is 24.0 Å². The van der Waals surface area contributed by atoms with Gasteiger partial charge in [0.15, 0.2) is 11.5 Å². The summed E-state index contributed by atoms with van der Waals surface area (Å²) in [6.07, 6.45) is 2.37. The van der Waals surface area contributed by atoms with Crippen molar-refractivity contribution in [2.45, 2.75) is 25.6 Å². The van der Waals surface area contributed by atoms with E-state index in [-0.39, 0.29) is 6.10 Å². The van der Waals surface area contributed by atoms with E-state index < -0.39 is 0 Å². The highest BCUT2D eigenvalue weighted by molar-refractivity contribution is 7.80. The van der Waals surface area contributed by atoms with Gasteiger partial charge in [-0.3, -0.25) is 0 Å². The first kappa shape index (κ1) is 19.0. The van der Waals surface area contributed by atoms with Gasteiger partial charge in [0, 0.05) is 23.7 Å². The molecule has 2 aromatic carbocycles. The molecular formula is C20H22ClNO3S. The highest BCUT2D eigenvalue weighted by atomic mass is 35.5. The van der Waals surface area contributed by atoms with Gasteiger partial charge in [-0.1, -0.05) is 48.1 Å². The van der Waals surface area contributed by atoms with Crippen molar-refractivity contribution in [3.05, 3.63) is 58.6 Å². The fourth-order valence-electron chi connectivity index (χ4n) is 2.88. The van der Waals surface area contributed by atoms with Crippen LogP contribution in [0.5, 0.6) is 11.5 Å². The molecule has 0 unspecified atom stereocenters. The van der Waals surface area contributed by atoms with E-state index in [1.807, 2.05) is 42.5 Å². The summed E-state index contributed by atoms with van der Waals surface area (Å²) >= 11 is 11.8. The van der Waals surface area contributed by atoms with Crippen LogP contribution in [0.25, 0.3) is 0 Å². The minimum absolute atomic E-state index is 0.214. The van der Waals surface area contributed by atoms with Gasteiger partial charge in [0.05, 0.1) is 18.8 Å². The average Bonchev–Trinajstić information content (AvgIpc) is 3.19. The van der Waals surface area contributed by atoms with E-state index in [4.69, 9.17) is 38.0 Å². The van der Waals surface area contributed by atoms with Gasteiger partial charge in [-0.05, 0) is 31.0 Å². The van der Waals surface area contributed by atoms with Crippen LogP contribution >= 0.6 is 23.8 Å². The van der Waals surface area contributed by atoms with Crippen molar-refractivity contribution in [3.8, 4) is 11.5 Å². The Bertz CT molecular complexity index is 762. The average molecular weight is 392 g/mol. The molecule has 2 aromatic rings. The predicted octanol–water partition coefficient (Wildman–Crippen LogP) is 4.37. The molecule has 0 aromatic heterocycles. The van der Waals surface area contributed by atoms with Crippen LogP contribution in [0.15, 0.2) is 42.5 Å². The summed E-state index contributed by atoms with van der Waals surface area (Å²) in [7, 11) is 1.62. The molecule has 0 spiro atoms. The van der Waals surface area contributed by atoms with Gasteiger partial charge in [0.2, 0.25) is 0 Å². The number of halogens is 1. The van der Waals surface area contributed by atoms with Gasteiger partial charge in [-0.15, -0.1) is 0 Å². The molecule has 0 saturated carbocycles. The summed E-state index contributed by atoms with van der Waals surface area (Å²) in [6, 6.07) is 13.3. The molecule has 0 radical (unpaired) electrons. The van der Waals surface area contributed by atoms with Gasteiger partial charge in [-0.25, -0.2) is 0 Å². The summed E-state index contributed by atoms with van der Waals surface area (Å²) in [5, 5.41) is 3.96. The standard InChI is InChI=1S/C20H22ClNO3S/c1-23-18-10-4-8-16(20(26)22-12-15-7-5-11-24-15)19(18)25-13-14-6-2-3-9-17(14)21/h2-4,6,8-10,15H,5,7,11-13H2,1H3,(H,22,26)/t15-/m1/s1. The second-order valence-electron chi connectivity index (χ2n) is 6.06. The van der Waals surface area contributed by atoms with Crippen molar-refractivity contribution in [2.75, 3.05) is 20.3 Å². The number of para-hydroxylation sites is 1. The molecule has 0 bridgehead atoms. The maximum Gasteiger partial charge on any atom is 0.171 e. The van der Waals surface area contributed by atoms with E-state index in [9.17, 15) is 0 Å². The Labute approximate surface area is 164 Å². The summed E-state index contributed by atoms with van der Waals surface area (Å²) in [4.78, 5) is 0.619. The Morgan fingerprint density at radius 3 is 2.85 bits per heavy atom. The smallest absolute Gasteiger partial charge is 0.171 e. The quantitative estimate of drug-likeness (QED) is 0.709. The number of hydrogen-bond donors (Lipinski definition) is 1. The largest absolute Gasteiger partial charge is 0.493 e. The van der Waals surface area contributed by atoms with Crippen molar-refractivity contribution in [1.82, 2.24) is 5.32 Å². The fourth-order valence-corrected chi connectivity index (χ4v) is 3.31. The van der Waals surface area contributed by atoms with Crippen molar-refractivity contribution in [2.24, 2.45) is 0 Å². The van der Waals surface area contributed by atoms with Gasteiger partial charge in [-0.2, -0.15) is 0 Å². The zero-order chi connectivity index (χ0) is 18.4. The first-order valence-electron chi connectivity index (χ1n) is 8.62. The van der Waals surface area contributed by atoms with E-state index in [0.29, 0.717) is 34.7 Å². The predicted molar refractivity (Wildman–Crippen MR) is 107 cm³/mol. The second-order valence-corrected chi connectivity index (χ2v) is 6.88. The number of nitrogens with one attached hydrogen (secondary N) is 1. The molecule has 3 rings (SSSR count). The normalized spacial score (nSPS) is 16.3. The minimum Gasteiger partial charge on any atom is -0.493 e. The summed E-state index contributed by atoms with van der Waals surface area (Å²) < 4.78 is 17.2. The van der Waals surface area contributed by atoms with Crippen LogP contribution < -0.4 is 14.8 Å². The van der Waals surface area contributed by atoms with Crippen LogP contribution in [-0.4, -0.2) is 31.4 Å². The maximum absolute atomic E-state index is 6.23. The summed E-state index contributed by atoms with van der Waals surface area (Å²) in [6.45, 7) is 1.85. The summed E-state index contributed by atoms with van der Waals surface area (Å²) in [5.74, 6) is 1.25. The van der Waals surface area contributed by atoms with Crippen LogP contribution in [0, 0.1) is 0 Å². The molecule has 6 heteroatoms.